The number of hydrogen-bond donors (Lipinski definition) is 9. The third-order valence-corrected chi connectivity index (χ3v) is 20.7. The maximum absolute atomic E-state index is 14.7. The molecule has 1 spiro atoms. The van der Waals surface area contributed by atoms with E-state index in [2.05, 4.69) is 40.3 Å². The SMILES string of the molecule is C=C(C)CCC[C@]1(C)OC(=O)[C@]23CC[C@H]4C(=CC[C@H]5C(C)(C)[C@@H](O[C@@H]6OC[C@@H](OS(=O)(=O)O)[C@H](O)[C@H]6O[C@@H]6O[C@H](C)[C@@H](O[C@@H]7OC[C@@H](O)[C@H](O[C@@H]8O[C@H](CO)[C@@H](O)[C@H](OC)[C@H]8O)[C@H]7O)[C@H](O)[C@H]6O)CC[C@]45C)[C@]2(C)C[C@@H](OC(C)=O)[C@@H]31. The molecule has 26 heteroatoms. The molecule has 3 saturated carbocycles. The summed E-state index contributed by atoms with van der Waals surface area (Å²) in [7, 11) is -3.95. The van der Waals surface area contributed by atoms with Crippen LogP contribution in [0.1, 0.15) is 113 Å². The van der Waals surface area contributed by atoms with Crippen LogP contribution < -0.4 is 0 Å². The molecule has 0 amide bonds. The largest absolute Gasteiger partial charge is 0.462 e. The first kappa shape index (κ1) is 63.1. The van der Waals surface area contributed by atoms with E-state index in [1.165, 1.54) is 26.5 Å². The second-order valence-electron chi connectivity index (χ2n) is 25.6. The van der Waals surface area contributed by atoms with E-state index >= 15 is 0 Å². The van der Waals surface area contributed by atoms with Crippen molar-refractivity contribution in [3.05, 3.63) is 23.8 Å². The number of aliphatic hydroxyl groups excluding tert-OH is 8. The van der Waals surface area contributed by atoms with Gasteiger partial charge in [0.2, 0.25) is 0 Å². The van der Waals surface area contributed by atoms with Crippen LogP contribution >= 0.6 is 0 Å². The molecule has 81 heavy (non-hydrogen) atoms. The maximum atomic E-state index is 14.7. The zero-order chi connectivity index (χ0) is 59.3. The number of fused-ring (bicyclic) bond motifs is 4. The topological polar surface area (TPSA) is 361 Å². The molecule has 27 atom stereocenters. The van der Waals surface area contributed by atoms with Crippen LogP contribution in [0.3, 0.4) is 0 Å². The molecule has 9 aliphatic rings. The molecule has 4 aliphatic carbocycles. The lowest BCUT2D eigenvalue weighted by molar-refractivity contribution is -0.382. The van der Waals surface area contributed by atoms with Gasteiger partial charge in [-0.15, -0.1) is 6.58 Å². The van der Waals surface area contributed by atoms with Gasteiger partial charge in [-0.1, -0.05) is 44.9 Å². The fourth-order valence-electron chi connectivity index (χ4n) is 16.4. The van der Waals surface area contributed by atoms with E-state index in [1.807, 2.05) is 13.8 Å². The number of carbonyl (C=O) groups excluding carboxylic acids is 2. The van der Waals surface area contributed by atoms with Crippen LogP contribution in [-0.4, -0.2) is 221 Å². The number of aliphatic hydroxyl groups is 8. The summed E-state index contributed by atoms with van der Waals surface area (Å²) in [6, 6.07) is 0. The first-order valence-corrected chi connectivity index (χ1v) is 29.7. The molecule has 9 rings (SSSR count). The summed E-state index contributed by atoms with van der Waals surface area (Å²) in [6.07, 6.45) is -22.3. The lowest BCUT2D eigenvalue weighted by Crippen LogP contribution is -2.65. The van der Waals surface area contributed by atoms with Crippen LogP contribution in [0.5, 0.6) is 0 Å². The van der Waals surface area contributed by atoms with Crippen molar-refractivity contribution in [3.8, 4) is 0 Å². The number of allylic oxidation sites excluding steroid dienone is 3. The second-order valence-corrected chi connectivity index (χ2v) is 26.6. The number of cyclic esters (lactones) is 1. The highest BCUT2D eigenvalue weighted by molar-refractivity contribution is 7.80. The average Bonchev–Trinajstić information content (AvgIpc) is 2.79. The zero-order valence-corrected chi connectivity index (χ0v) is 48.3. The van der Waals surface area contributed by atoms with Crippen LogP contribution in [0, 0.1) is 39.4 Å². The summed E-state index contributed by atoms with van der Waals surface area (Å²) in [6.45, 7) is 17.7. The van der Waals surface area contributed by atoms with Crippen LogP contribution in [0.4, 0.5) is 0 Å². The Morgan fingerprint density at radius 2 is 1.43 bits per heavy atom. The van der Waals surface area contributed by atoms with Gasteiger partial charge in [0, 0.05) is 19.4 Å². The van der Waals surface area contributed by atoms with Gasteiger partial charge in [-0.25, -0.2) is 4.18 Å². The Morgan fingerprint density at radius 3 is 2.09 bits per heavy atom. The normalized spacial score (nSPS) is 49.6. The predicted octanol–water partition coefficient (Wildman–Crippen LogP) is 0.620. The van der Waals surface area contributed by atoms with E-state index in [9.17, 15) is 63.4 Å². The van der Waals surface area contributed by atoms with Crippen LogP contribution in [0.2, 0.25) is 0 Å². The van der Waals surface area contributed by atoms with Gasteiger partial charge >= 0.3 is 22.3 Å². The Morgan fingerprint density at radius 1 is 0.778 bits per heavy atom. The molecule has 5 aliphatic heterocycles. The van der Waals surface area contributed by atoms with Crippen molar-refractivity contribution in [3.63, 3.8) is 0 Å². The molecule has 0 bridgehead atoms. The van der Waals surface area contributed by atoms with E-state index in [1.54, 1.807) is 0 Å². The quantitative estimate of drug-likeness (QED) is 0.0547. The number of esters is 2. The van der Waals surface area contributed by atoms with Crippen molar-refractivity contribution in [2.75, 3.05) is 26.9 Å². The number of hydrogen-bond acceptors (Lipinski definition) is 24. The van der Waals surface area contributed by atoms with E-state index < -0.39 is 181 Å². The summed E-state index contributed by atoms with van der Waals surface area (Å²) in [5.74, 6) is -0.970. The van der Waals surface area contributed by atoms with Gasteiger partial charge in [0.05, 0.1) is 43.4 Å². The molecular formula is C55H86O25S. The molecular weight excluding hydrogens is 1090 g/mol. The Balaban J connectivity index is 0.906. The molecule has 9 N–H and O–H groups in total. The standard InChI is InChI=1S/C55H86O25S/c1-24(2)12-11-17-54(9)45-30(73-26(4)57)20-53(8)28-13-14-33-51(5,6)34(16-18-52(33,7)27(28)15-19-55(45,53)50(65)79-54)75-49-44(36(60)32(23-71-49)80-81(66,67)68)78-47-38(62)37(61)41(25(3)72-47)76-46-39(63)42(29(58)22-70-46)77-48-40(64)43(69-10)35(59)31(21-56)74-48/h13,25,27,29-49,56,58-64H,1,11-12,14-23H2,2-10H3,(H,66,67,68)/t25-,27+,29-,30-,31-,32-,33+,34+,35-,36+,37-,38-,39-,40-,41-,42+,43+,44-,45-,46+,47+,48+,49+,52-,53+,54+,55-/m1/s1. The molecule has 0 aromatic rings. The van der Waals surface area contributed by atoms with Crippen LogP contribution in [0.15, 0.2) is 23.8 Å². The second kappa shape index (κ2) is 23.4. The van der Waals surface area contributed by atoms with Crippen molar-refractivity contribution >= 4 is 22.3 Å². The summed E-state index contributed by atoms with van der Waals surface area (Å²) < 4.78 is 104. The lowest BCUT2D eigenvalue weighted by Gasteiger charge is -2.64. The van der Waals surface area contributed by atoms with Crippen LogP contribution in [0.25, 0.3) is 0 Å². The number of methoxy groups -OCH3 is 1. The monoisotopic (exact) mass is 1180 g/mol. The van der Waals surface area contributed by atoms with Gasteiger partial charge in [-0.2, -0.15) is 8.42 Å². The van der Waals surface area contributed by atoms with Crippen molar-refractivity contribution < 1.29 is 120 Å². The maximum Gasteiger partial charge on any atom is 0.397 e. The predicted molar refractivity (Wildman–Crippen MR) is 276 cm³/mol. The summed E-state index contributed by atoms with van der Waals surface area (Å²) >= 11 is 0. The van der Waals surface area contributed by atoms with Gasteiger partial charge in [0.25, 0.3) is 0 Å². The van der Waals surface area contributed by atoms with E-state index in [4.69, 9.17) is 56.3 Å². The van der Waals surface area contributed by atoms with Crippen LogP contribution in [-0.2, 0) is 76.3 Å². The zero-order valence-electron chi connectivity index (χ0n) is 47.5. The Bertz CT molecular complexity index is 2440. The van der Waals surface area contributed by atoms with Crippen molar-refractivity contribution in [1.82, 2.24) is 0 Å². The smallest absolute Gasteiger partial charge is 0.397 e. The first-order chi connectivity index (χ1) is 37.9. The van der Waals surface area contributed by atoms with Crippen molar-refractivity contribution in [2.45, 2.75) is 242 Å². The Hall–Kier alpha value is -2.39. The van der Waals surface area contributed by atoms with E-state index in [-0.39, 0.29) is 29.1 Å². The summed E-state index contributed by atoms with van der Waals surface area (Å²) in [5, 5.41) is 88.4. The summed E-state index contributed by atoms with van der Waals surface area (Å²) in [5.41, 5.74) is -1.15. The highest BCUT2D eigenvalue weighted by Gasteiger charge is 2.79. The third kappa shape index (κ3) is 11.1. The molecule has 0 radical (unpaired) electrons. The molecule has 25 nitrogen and oxygen atoms in total. The highest BCUT2D eigenvalue weighted by atomic mass is 32.3. The average molecular weight is 1180 g/mol. The van der Waals surface area contributed by atoms with Gasteiger partial charge in [-0.05, 0) is 101 Å². The van der Waals surface area contributed by atoms with Gasteiger partial charge in [0.1, 0.15) is 91.1 Å². The minimum absolute atomic E-state index is 0.0147. The molecule has 0 aromatic carbocycles. The van der Waals surface area contributed by atoms with E-state index in [0.29, 0.717) is 44.9 Å². The minimum atomic E-state index is -5.16. The van der Waals surface area contributed by atoms with Gasteiger partial charge in [0.15, 0.2) is 25.2 Å². The Kier molecular flexibility index (Phi) is 18.2. The highest BCUT2D eigenvalue weighted by Crippen LogP contribution is 2.77. The minimum Gasteiger partial charge on any atom is -0.462 e. The Labute approximate surface area is 472 Å². The molecule has 0 aromatic heterocycles. The fraction of sp³-hybridized carbons (Fsp3) is 0.891. The fourth-order valence-corrected chi connectivity index (χ4v) is 16.9. The van der Waals surface area contributed by atoms with Gasteiger partial charge in [-0.3, -0.25) is 14.1 Å². The van der Waals surface area contributed by atoms with E-state index in [0.717, 1.165) is 18.4 Å². The van der Waals surface area contributed by atoms with Crippen molar-refractivity contribution in [2.24, 2.45) is 39.4 Å². The lowest BCUT2D eigenvalue weighted by atomic mass is 9.41. The molecule has 8 fully saturated rings. The number of carbonyl (C=O) groups is 2. The summed E-state index contributed by atoms with van der Waals surface area (Å²) in [4.78, 5) is 27.4. The first-order valence-electron chi connectivity index (χ1n) is 28.3. The van der Waals surface area contributed by atoms with Gasteiger partial charge < -0.3 is 93.0 Å². The molecule has 462 valence electrons. The molecule has 5 saturated heterocycles. The van der Waals surface area contributed by atoms with Crippen molar-refractivity contribution in [1.29, 1.82) is 0 Å². The molecule has 5 heterocycles. The third-order valence-electron chi connectivity index (χ3n) is 20.2. The molecule has 0 unspecified atom stereocenters. The number of rotatable bonds is 17. The number of ether oxygens (including phenoxy) is 11.